The molecule has 0 N–H and O–H groups in total. The molecule has 2 aromatic heterocycles. The zero-order valence-corrected chi connectivity index (χ0v) is 64.4. The summed E-state index contributed by atoms with van der Waals surface area (Å²) in [5.41, 5.74) is 35.3. The number of rotatable bonds is 16. The Kier molecular flexibility index (Phi) is 16.9. The van der Waals surface area contributed by atoms with Gasteiger partial charge in [-0.25, -0.2) is 0 Å². The minimum absolute atomic E-state index is 0.0575. The summed E-state index contributed by atoms with van der Waals surface area (Å²) in [7, 11) is 2.28. The molecule has 0 fully saturated rings. The molecule has 16 aromatic carbocycles. The Morgan fingerprint density at radius 2 is 0.791 bits per heavy atom. The quantitative estimate of drug-likeness (QED) is 0.0712. The molecule has 1 aliphatic carbocycles. The smallest absolute Gasteiger partial charge is 0.252 e. The number of para-hydroxylation sites is 2. The number of hydrogen-bond donors (Lipinski definition) is 0. The van der Waals surface area contributed by atoms with Crippen LogP contribution in [0.2, 0.25) is 0 Å². The second-order valence-electron chi connectivity index (χ2n) is 31.3. The highest BCUT2D eigenvalue weighted by Gasteiger charge is 2.47. The van der Waals surface area contributed by atoms with E-state index in [1.807, 2.05) is 0 Å². The number of anilines is 7. The summed E-state index contributed by atoms with van der Waals surface area (Å²) < 4.78 is 14.3. The Balaban J connectivity index is 0.894. The lowest BCUT2D eigenvalue weighted by Crippen LogP contribution is -2.61. The average molecular weight is 1470 g/mol. The van der Waals surface area contributed by atoms with Gasteiger partial charge in [0.2, 0.25) is 0 Å². The molecule has 0 bridgehead atoms. The standard InChI is InChI=1S/C109H80BN3O2/c1-5-32-71(2)111(4)85-68-100-104-101(69-85)113(106-94(78-45-26-12-27-46-78)63-83(73-35-16-7-17-36-73)64-95(106)79-47-28-13-29-48-79)99-67-84(109(3)60-59-89-91-52-31-50-87(75-39-20-9-21-40-75)108(91)115-103(89)70-109)55-58-97(99)110(104)96-57-54-80(81-53-56-88-90-51-30-49-86(74-37-18-8-19-38-74)107(90)114-102(88)66-81)65-98(96)112(100)105-92(76-41-22-10-23-42-76)61-82(72-33-14-6-15-34-72)62-93(105)77-43-24-11-25-44-77/h5-31,33-59,61-71H,1,32,60H2,2-4H3. The summed E-state index contributed by atoms with van der Waals surface area (Å²) >= 11 is 0. The highest BCUT2D eigenvalue weighted by atomic mass is 16.3. The van der Waals surface area contributed by atoms with Crippen molar-refractivity contribution in [2.75, 3.05) is 21.7 Å². The molecule has 3 aliphatic rings. The average Bonchev–Trinajstić information content (AvgIpc) is 1.26. The minimum atomic E-state index is -0.516. The zero-order chi connectivity index (χ0) is 76.8. The van der Waals surface area contributed by atoms with E-state index in [4.69, 9.17) is 8.83 Å². The van der Waals surface area contributed by atoms with Crippen LogP contribution in [0.3, 0.4) is 0 Å². The first-order valence-corrected chi connectivity index (χ1v) is 40.1. The Labute approximate surface area is 671 Å². The van der Waals surface area contributed by atoms with Crippen LogP contribution >= 0.6 is 0 Å². The van der Waals surface area contributed by atoms with E-state index in [1.165, 1.54) is 22.0 Å². The van der Waals surface area contributed by atoms with Crippen LogP contribution in [0.25, 0.3) is 145 Å². The Morgan fingerprint density at radius 1 is 0.383 bits per heavy atom. The first-order chi connectivity index (χ1) is 56.7. The second-order valence-corrected chi connectivity index (χ2v) is 31.3. The first-order valence-electron chi connectivity index (χ1n) is 40.1. The maximum Gasteiger partial charge on any atom is 0.252 e. The van der Waals surface area contributed by atoms with Gasteiger partial charge >= 0.3 is 0 Å². The van der Waals surface area contributed by atoms with Crippen LogP contribution < -0.4 is 41.7 Å². The third kappa shape index (κ3) is 11.8. The highest BCUT2D eigenvalue weighted by molar-refractivity contribution is 7.00. The minimum Gasteiger partial charge on any atom is -0.456 e. The molecule has 5 nitrogen and oxygen atoms in total. The van der Waals surface area contributed by atoms with Gasteiger partial charge in [0.05, 0.1) is 11.4 Å². The van der Waals surface area contributed by atoms with E-state index in [0.717, 1.165) is 196 Å². The van der Waals surface area contributed by atoms with Crippen molar-refractivity contribution in [1.29, 1.82) is 0 Å². The topological polar surface area (TPSA) is 36.0 Å². The first kappa shape index (κ1) is 68.8. The van der Waals surface area contributed by atoms with Crippen molar-refractivity contribution >= 4 is 108 Å². The van der Waals surface area contributed by atoms with Crippen LogP contribution in [0.5, 0.6) is 0 Å². The van der Waals surface area contributed by atoms with Gasteiger partial charge in [0.1, 0.15) is 22.2 Å². The fourth-order valence-electron chi connectivity index (χ4n) is 18.6. The molecule has 0 spiro atoms. The fourth-order valence-corrected chi connectivity index (χ4v) is 18.6. The van der Waals surface area contributed by atoms with Gasteiger partial charge in [-0.05, 0) is 175 Å². The van der Waals surface area contributed by atoms with Gasteiger partial charge in [0.15, 0.2) is 0 Å². The Bertz CT molecular complexity index is 6840. The van der Waals surface area contributed by atoms with Gasteiger partial charge in [0.25, 0.3) is 6.71 Å². The van der Waals surface area contributed by atoms with Gasteiger partial charge in [-0.3, -0.25) is 0 Å². The van der Waals surface area contributed by atoms with Crippen molar-refractivity contribution in [2.45, 2.75) is 38.1 Å². The molecule has 4 heterocycles. The second kappa shape index (κ2) is 28.2. The number of nitrogens with zero attached hydrogens (tertiary/aromatic N) is 3. The van der Waals surface area contributed by atoms with Crippen molar-refractivity contribution in [3.63, 3.8) is 0 Å². The molecule has 0 amide bonds. The lowest BCUT2D eigenvalue weighted by molar-refractivity contribution is 0.552. The summed E-state index contributed by atoms with van der Waals surface area (Å²) in [4.78, 5) is 7.87. The molecule has 2 aliphatic heterocycles. The summed E-state index contributed by atoms with van der Waals surface area (Å²) in [5, 5.41) is 4.44. The molecule has 0 radical (unpaired) electrons. The van der Waals surface area contributed by atoms with E-state index in [0.29, 0.717) is 0 Å². The van der Waals surface area contributed by atoms with Gasteiger partial charge in [-0.1, -0.05) is 328 Å². The molecule has 18 aromatic rings. The third-order valence-corrected chi connectivity index (χ3v) is 24.5. The van der Waals surface area contributed by atoms with Crippen LogP contribution in [0, 0.1) is 0 Å². The summed E-state index contributed by atoms with van der Waals surface area (Å²) in [6.07, 6.45) is 8.44. The summed E-state index contributed by atoms with van der Waals surface area (Å²) in [5.74, 6) is 0. The van der Waals surface area contributed by atoms with Crippen LogP contribution in [0.1, 0.15) is 32.3 Å². The number of fused-ring (bicyclic) bond motifs is 10. The van der Waals surface area contributed by atoms with Crippen molar-refractivity contribution in [3.05, 3.63) is 399 Å². The molecule has 21 rings (SSSR count). The highest BCUT2D eigenvalue weighted by Crippen LogP contribution is 2.56. The molecule has 2 atom stereocenters. The van der Waals surface area contributed by atoms with E-state index in [1.54, 1.807) is 0 Å². The largest absolute Gasteiger partial charge is 0.456 e. The monoisotopic (exact) mass is 1470 g/mol. The SMILES string of the molecule is C=CCC(C)N(C)c1cc2c3c(c1)N(c1c(-c4ccccc4)cc(-c4ccccc4)cc1-c1ccccc1)c1cc(C4(C)C=c5oc6c(-c7ccccc7)cccc6c5=CC4)ccc1B3c1ccc(-c3ccc4c(c3)oc3c(-c5ccccc5)cccc34)cc1N2c1c(-c2ccccc2)cc(-c2ccccc2)cc1-c1ccccc1. The number of furan rings is 2. The van der Waals surface area contributed by atoms with Crippen molar-refractivity contribution in [1.82, 2.24) is 0 Å². The Hall–Kier alpha value is -14.2. The predicted octanol–water partition coefficient (Wildman–Crippen LogP) is 25.7. The lowest BCUT2D eigenvalue weighted by Gasteiger charge is -2.47. The molecule has 0 saturated heterocycles. The fraction of sp³-hybridized carbons (Fsp3) is 0.0642. The predicted molar refractivity (Wildman–Crippen MR) is 486 cm³/mol. The summed E-state index contributed by atoms with van der Waals surface area (Å²) in [6.45, 7) is 8.81. The molecule has 546 valence electrons. The molecule has 115 heavy (non-hydrogen) atoms. The van der Waals surface area contributed by atoms with Gasteiger partial charge in [-0.2, -0.15) is 0 Å². The Morgan fingerprint density at radius 3 is 1.26 bits per heavy atom. The van der Waals surface area contributed by atoms with E-state index in [2.05, 4.69) is 430 Å². The van der Waals surface area contributed by atoms with E-state index in [9.17, 15) is 0 Å². The van der Waals surface area contributed by atoms with Gasteiger partial charge in [-0.15, -0.1) is 6.58 Å². The maximum absolute atomic E-state index is 7.21. The zero-order valence-electron chi connectivity index (χ0n) is 64.4. The molecular weight excluding hydrogens is 1390 g/mol. The van der Waals surface area contributed by atoms with Crippen molar-refractivity contribution < 1.29 is 8.83 Å². The summed E-state index contributed by atoms with van der Waals surface area (Å²) in [6, 6.07) is 137. The van der Waals surface area contributed by atoms with Gasteiger partial charge in [0, 0.05) is 102 Å². The molecule has 0 saturated carbocycles. The molecule has 6 heteroatoms. The van der Waals surface area contributed by atoms with Crippen molar-refractivity contribution in [3.8, 4) is 100 Å². The van der Waals surface area contributed by atoms with Crippen LogP contribution in [-0.2, 0) is 5.41 Å². The lowest BCUT2D eigenvalue weighted by atomic mass is 9.33. The van der Waals surface area contributed by atoms with E-state index >= 15 is 0 Å². The maximum atomic E-state index is 7.21. The van der Waals surface area contributed by atoms with Crippen LogP contribution in [0.15, 0.2) is 392 Å². The van der Waals surface area contributed by atoms with Crippen molar-refractivity contribution in [2.24, 2.45) is 0 Å². The third-order valence-electron chi connectivity index (χ3n) is 24.5. The van der Waals surface area contributed by atoms with E-state index in [-0.39, 0.29) is 12.8 Å². The van der Waals surface area contributed by atoms with Crippen LogP contribution in [0.4, 0.5) is 39.8 Å². The molecular formula is C109H80BN3O2. The molecule has 2 unspecified atom stereocenters. The normalized spacial score (nSPS) is 14.2. The number of hydrogen-bond acceptors (Lipinski definition) is 5. The van der Waals surface area contributed by atoms with Crippen LogP contribution in [-0.4, -0.2) is 19.8 Å². The number of benzene rings is 16. The van der Waals surface area contributed by atoms with Gasteiger partial charge < -0.3 is 23.5 Å². The van der Waals surface area contributed by atoms with E-state index < -0.39 is 5.41 Å².